The molecular weight excluding hydrogens is 124 g/mol. The number of hydrogen-bond donors (Lipinski definition) is 1. The molecule has 0 unspecified atom stereocenters. The van der Waals surface area contributed by atoms with Crippen LogP contribution >= 0.6 is 0 Å². The molecule has 0 aromatic carbocycles. The molecule has 0 fully saturated rings. The van der Waals surface area contributed by atoms with Crippen molar-refractivity contribution < 1.29 is 8.78 Å². The van der Waals surface area contributed by atoms with Crippen LogP contribution in [-0.2, 0) is 0 Å². The van der Waals surface area contributed by atoms with E-state index in [4.69, 9.17) is 5.73 Å². The van der Waals surface area contributed by atoms with Crippen LogP contribution in [0.25, 0.3) is 0 Å². The monoisotopic (exact) mass is 137 g/mol. The third kappa shape index (κ3) is 7.82. The second-order valence-corrected chi connectivity index (χ2v) is 2.59. The van der Waals surface area contributed by atoms with Crippen LogP contribution in [0.4, 0.5) is 8.78 Å². The Kier molecular flexibility index (Phi) is 3.04. The molecule has 0 aliphatic heterocycles. The van der Waals surface area contributed by atoms with Crippen LogP contribution in [0, 0.1) is 0 Å². The van der Waals surface area contributed by atoms with Crippen molar-refractivity contribution in [1.82, 2.24) is 0 Å². The highest BCUT2D eigenvalue weighted by Crippen LogP contribution is 2.18. The first-order valence-electron chi connectivity index (χ1n) is 3.05. The van der Waals surface area contributed by atoms with E-state index in [-0.39, 0.29) is 12.5 Å². The molecule has 0 rings (SSSR count). The van der Waals surface area contributed by atoms with Gasteiger partial charge >= 0.3 is 0 Å². The molecule has 9 heavy (non-hydrogen) atoms. The largest absolute Gasteiger partial charge is 0.328 e. The average molecular weight is 137 g/mol. The van der Waals surface area contributed by atoms with Gasteiger partial charge < -0.3 is 5.73 Å². The van der Waals surface area contributed by atoms with E-state index in [1.165, 1.54) is 0 Å². The fraction of sp³-hybridized carbons (Fsp3) is 1.00. The summed E-state index contributed by atoms with van der Waals surface area (Å²) < 4.78 is 24.1. The van der Waals surface area contributed by atoms with Crippen LogP contribution in [0.3, 0.4) is 0 Å². The van der Waals surface area contributed by atoms with Crippen LogP contribution in [0.2, 0.25) is 0 Å². The summed E-state index contributed by atoms with van der Waals surface area (Å²) >= 11 is 0. The predicted molar refractivity (Wildman–Crippen MR) is 33.5 cm³/mol. The van der Waals surface area contributed by atoms with Crippen molar-refractivity contribution >= 4 is 0 Å². The number of nitrogens with two attached hydrogens (primary N) is 1. The summed E-state index contributed by atoms with van der Waals surface area (Å²) in [6.45, 7) is 2.64. The van der Waals surface area contributed by atoms with Crippen LogP contribution in [0.5, 0.6) is 0 Å². The third-order valence-corrected chi connectivity index (χ3v) is 1.04. The molecule has 2 N–H and O–H groups in total. The van der Waals surface area contributed by atoms with Crippen molar-refractivity contribution in [1.29, 1.82) is 0 Å². The lowest BCUT2D eigenvalue weighted by molar-refractivity contribution is 0.00965. The van der Waals surface area contributed by atoms with E-state index in [1.807, 2.05) is 0 Å². The molecule has 1 nitrogen and oxygen atoms in total. The summed E-state index contributed by atoms with van der Waals surface area (Å²) in [7, 11) is 0. The molecule has 0 aliphatic rings. The summed E-state index contributed by atoms with van der Waals surface area (Å²) in [6.07, 6.45) is 0.286. The Morgan fingerprint density at radius 2 is 2.00 bits per heavy atom. The number of halogens is 2. The lowest BCUT2D eigenvalue weighted by Crippen LogP contribution is -2.19. The first-order chi connectivity index (χ1) is 3.92. The molecule has 0 radical (unpaired) electrons. The van der Waals surface area contributed by atoms with E-state index >= 15 is 0 Å². The quantitative estimate of drug-likeness (QED) is 0.630. The van der Waals surface area contributed by atoms with Crippen LogP contribution < -0.4 is 5.73 Å². The summed E-state index contributed by atoms with van der Waals surface area (Å²) in [5, 5.41) is 0. The van der Waals surface area contributed by atoms with Gasteiger partial charge in [0.2, 0.25) is 5.92 Å². The van der Waals surface area contributed by atoms with Crippen molar-refractivity contribution in [2.45, 2.75) is 38.7 Å². The van der Waals surface area contributed by atoms with Gasteiger partial charge in [-0.15, -0.1) is 0 Å². The highest BCUT2D eigenvalue weighted by Gasteiger charge is 2.20. The lowest BCUT2D eigenvalue weighted by Gasteiger charge is -2.10. The number of alkyl halides is 2. The molecule has 1 atom stereocenters. The Bertz CT molecular complexity index is 75.6. The summed E-state index contributed by atoms with van der Waals surface area (Å²) in [6, 6.07) is -0.115. The standard InChI is InChI=1S/C6H13F2N/c1-5(9)3-4-6(2,7)8/h5H,3-4,9H2,1-2H3/t5-/m1/s1. The SMILES string of the molecule is C[C@@H](N)CCC(C)(F)F. The molecule has 0 bridgehead atoms. The first kappa shape index (κ1) is 8.82. The zero-order chi connectivity index (χ0) is 7.49. The molecule has 0 aromatic heterocycles. The molecule has 0 saturated carbocycles. The summed E-state index contributed by atoms with van der Waals surface area (Å²) in [5.74, 6) is -2.55. The first-order valence-corrected chi connectivity index (χ1v) is 3.05. The molecular formula is C6H13F2N. The van der Waals surface area contributed by atoms with Gasteiger partial charge in [0.25, 0.3) is 0 Å². The van der Waals surface area contributed by atoms with Crippen molar-refractivity contribution in [2.75, 3.05) is 0 Å². The fourth-order valence-corrected chi connectivity index (χ4v) is 0.481. The van der Waals surface area contributed by atoms with E-state index in [2.05, 4.69) is 0 Å². The molecule has 0 amide bonds. The van der Waals surface area contributed by atoms with Crippen molar-refractivity contribution in [3.05, 3.63) is 0 Å². The minimum absolute atomic E-state index is 0.106. The van der Waals surface area contributed by atoms with E-state index in [0.29, 0.717) is 6.42 Å². The normalized spacial score (nSPS) is 15.7. The van der Waals surface area contributed by atoms with Gasteiger partial charge in [-0.05, 0) is 20.3 Å². The van der Waals surface area contributed by atoms with Gasteiger partial charge in [0.1, 0.15) is 0 Å². The molecule has 0 heterocycles. The Morgan fingerprint density at radius 1 is 1.56 bits per heavy atom. The van der Waals surface area contributed by atoms with Crippen LogP contribution in [-0.4, -0.2) is 12.0 Å². The predicted octanol–water partition coefficient (Wildman–Crippen LogP) is 1.77. The second kappa shape index (κ2) is 3.11. The maximum atomic E-state index is 12.0. The third-order valence-electron chi connectivity index (χ3n) is 1.04. The highest BCUT2D eigenvalue weighted by molar-refractivity contribution is 4.62. The van der Waals surface area contributed by atoms with Gasteiger partial charge in [-0.2, -0.15) is 0 Å². The van der Waals surface area contributed by atoms with Crippen molar-refractivity contribution in [2.24, 2.45) is 5.73 Å². The van der Waals surface area contributed by atoms with Crippen LogP contribution in [0.15, 0.2) is 0 Å². The Morgan fingerprint density at radius 3 is 2.11 bits per heavy atom. The molecule has 0 spiro atoms. The van der Waals surface area contributed by atoms with E-state index in [9.17, 15) is 8.78 Å². The molecule has 0 aliphatic carbocycles. The maximum absolute atomic E-state index is 12.0. The minimum atomic E-state index is -2.55. The van der Waals surface area contributed by atoms with Gasteiger partial charge in [0.05, 0.1) is 0 Å². The number of hydrogen-bond acceptors (Lipinski definition) is 1. The van der Waals surface area contributed by atoms with E-state index in [0.717, 1.165) is 6.92 Å². The second-order valence-electron chi connectivity index (χ2n) is 2.59. The van der Waals surface area contributed by atoms with Gasteiger partial charge in [0, 0.05) is 12.5 Å². The lowest BCUT2D eigenvalue weighted by atomic mass is 10.1. The van der Waals surface area contributed by atoms with Gasteiger partial charge in [-0.3, -0.25) is 0 Å². The fourth-order valence-electron chi connectivity index (χ4n) is 0.481. The summed E-state index contributed by atoms with van der Waals surface area (Å²) in [5.41, 5.74) is 5.27. The average Bonchev–Trinajstić information content (AvgIpc) is 1.59. The number of rotatable bonds is 3. The smallest absolute Gasteiger partial charge is 0.245 e. The van der Waals surface area contributed by atoms with Gasteiger partial charge in [0.15, 0.2) is 0 Å². The van der Waals surface area contributed by atoms with Gasteiger partial charge in [-0.1, -0.05) is 0 Å². The van der Waals surface area contributed by atoms with E-state index < -0.39 is 5.92 Å². The van der Waals surface area contributed by atoms with E-state index in [1.54, 1.807) is 6.92 Å². The minimum Gasteiger partial charge on any atom is -0.328 e. The Hall–Kier alpha value is -0.180. The Balaban J connectivity index is 3.28. The zero-order valence-corrected chi connectivity index (χ0v) is 5.82. The summed E-state index contributed by atoms with van der Waals surface area (Å²) in [4.78, 5) is 0. The topological polar surface area (TPSA) is 26.0 Å². The van der Waals surface area contributed by atoms with Crippen molar-refractivity contribution in [3.8, 4) is 0 Å². The maximum Gasteiger partial charge on any atom is 0.245 e. The zero-order valence-electron chi connectivity index (χ0n) is 5.82. The molecule has 3 heteroatoms. The molecule has 0 aromatic rings. The van der Waals surface area contributed by atoms with Crippen LogP contribution in [0.1, 0.15) is 26.7 Å². The Labute approximate surface area is 54.2 Å². The van der Waals surface area contributed by atoms with Gasteiger partial charge in [-0.25, -0.2) is 8.78 Å². The molecule has 0 saturated heterocycles. The molecule has 56 valence electrons. The van der Waals surface area contributed by atoms with Crippen molar-refractivity contribution in [3.63, 3.8) is 0 Å². The highest BCUT2D eigenvalue weighted by atomic mass is 19.3.